The van der Waals surface area contributed by atoms with E-state index in [2.05, 4.69) is 10.6 Å². The van der Waals surface area contributed by atoms with Gasteiger partial charge in [0.15, 0.2) is 16.6 Å². The molecule has 116 valence electrons. The lowest BCUT2D eigenvalue weighted by atomic mass is 10.1. The highest BCUT2D eigenvalue weighted by atomic mass is 35.5. The van der Waals surface area contributed by atoms with Crippen LogP contribution in [-0.2, 0) is 0 Å². The van der Waals surface area contributed by atoms with Crippen LogP contribution in [0, 0.1) is 6.92 Å². The zero-order valence-electron chi connectivity index (χ0n) is 12.6. The van der Waals surface area contributed by atoms with Gasteiger partial charge in [0.1, 0.15) is 0 Å². The summed E-state index contributed by atoms with van der Waals surface area (Å²) in [7, 11) is 3.21. The molecule has 0 unspecified atom stereocenters. The summed E-state index contributed by atoms with van der Waals surface area (Å²) in [5.41, 5.74) is 2.71. The van der Waals surface area contributed by atoms with E-state index < -0.39 is 0 Å². The number of halogens is 1. The van der Waals surface area contributed by atoms with Gasteiger partial charge in [-0.1, -0.05) is 11.6 Å². The van der Waals surface area contributed by atoms with Crippen LogP contribution in [0.15, 0.2) is 36.4 Å². The van der Waals surface area contributed by atoms with Crippen LogP contribution in [0.25, 0.3) is 0 Å². The number of thiocarbonyl (C=S) groups is 1. The van der Waals surface area contributed by atoms with Gasteiger partial charge in [-0.05, 0) is 55.0 Å². The van der Waals surface area contributed by atoms with Gasteiger partial charge in [-0.2, -0.15) is 0 Å². The maximum absolute atomic E-state index is 5.86. The molecule has 0 saturated heterocycles. The van der Waals surface area contributed by atoms with Crippen LogP contribution < -0.4 is 20.1 Å². The van der Waals surface area contributed by atoms with E-state index in [1.807, 2.05) is 31.2 Å². The molecular weight excluding hydrogens is 320 g/mol. The van der Waals surface area contributed by atoms with Crippen molar-refractivity contribution in [1.82, 2.24) is 0 Å². The summed E-state index contributed by atoms with van der Waals surface area (Å²) < 4.78 is 10.6. The molecule has 0 radical (unpaired) electrons. The summed E-state index contributed by atoms with van der Waals surface area (Å²) in [6, 6.07) is 11.1. The van der Waals surface area contributed by atoms with Crippen molar-refractivity contribution < 1.29 is 9.47 Å². The molecule has 0 spiro atoms. The van der Waals surface area contributed by atoms with Crippen LogP contribution in [0.2, 0.25) is 5.02 Å². The van der Waals surface area contributed by atoms with E-state index in [0.717, 1.165) is 16.9 Å². The molecule has 6 heteroatoms. The van der Waals surface area contributed by atoms with Crippen LogP contribution in [0.3, 0.4) is 0 Å². The monoisotopic (exact) mass is 336 g/mol. The molecule has 0 amide bonds. The normalized spacial score (nSPS) is 10.0. The van der Waals surface area contributed by atoms with Crippen LogP contribution in [0.1, 0.15) is 5.56 Å². The van der Waals surface area contributed by atoms with Gasteiger partial charge in [-0.3, -0.25) is 0 Å². The molecule has 4 nitrogen and oxygen atoms in total. The first-order chi connectivity index (χ1) is 10.5. The molecule has 2 rings (SSSR count). The molecule has 0 heterocycles. The Kier molecular flexibility index (Phi) is 5.46. The molecule has 0 atom stereocenters. The number of aryl methyl sites for hydroxylation is 1. The number of rotatable bonds is 4. The van der Waals surface area contributed by atoms with E-state index >= 15 is 0 Å². The predicted molar refractivity (Wildman–Crippen MR) is 95.6 cm³/mol. The zero-order valence-corrected chi connectivity index (χ0v) is 14.1. The molecule has 0 aromatic heterocycles. The van der Waals surface area contributed by atoms with Crippen molar-refractivity contribution in [2.45, 2.75) is 6.92 Å². The van der Waals surface area contributed by atoms with Gasteiger partial charge < -0.3 is 20.1 Å². The molecule has 22 heavy (non-hydrogen) atoms. The number of hydrogen-bond acceptors (Lipinski definition) is 3. The Morgan fingerprint density at radius 3 is 2.18 bits per heavy atom. The molecular formula is C16H17ClN2O2S. The number of hydrogen-bond donors (Lipinski definition) is 2. The smallest absolute Gasteiger partial charge is 0.175 e. The number of methoxy groups -OCH3 is 2. The fourth-order valence-corrected chi connectivity index (χ4v) is 2.29. The standard InChI is InChI=1S/C16H17ClN2O2S/c1-10-8-14(20-2)15(21-3)9-13(10)19-16(22)18-12-6-4-11(17)5-7-12/h4-9H,1-3H3,(H2,18,19,22). The van der Waals surface area contributed by atoms with Gasteiger partial charge in [0.2, 0.25) is 0 Å². The van der Waals surface area contributed by atoms with Gasteiger partial charge in [0.05, 0.1) is 14.2 Å². The Hall–Kier alpha value is -1.98. The van der Waals surface area contributed by atoms with E-state index in [1.165, 1.54) is 0 Å². The van der Waals surface area contributed by atoms with Crippen molar-refractivity contribution in [3.8, 4) is 11.5 Å². The first kappa shape index (κ1) is 16.4. The molecule has 0 aliphatic heterocycles. The summed E-state index contributed by atoms with van der Waals surface area (Å²) in [5, 5.41) is 7.42. The molecule has 2 aromatic rings. The second kappa shape index (κ2) is 7.33. The first-order valence-electron chi connectivity index (χ1n) is 6.59. The minimum absolute atomic E-state index is 0.484. The Balaban J connectivity index is 2.12. The molecule has 0 fully saturated rings. The van der Waals surface area contributed by atoms with Crippen LogP contribution in [-0.4, -0.2) is 19.3 Å². The van der Waals surface area contributed by atoms with Gasteiger partial charge in [0, 0.05) is 22.5 Å². The Morgan fingerprint density at radius 2 is 1.59 bits per heavy atom. The fourth-order valence-electron chi connectivity index (χ4n) is 1.93. The quantitative estimate of drug-likeness (QED) is 0.806. The maximum atomic E-state index is 5.86. The second-order valence-electron chi connectivity index (χ2n) is 4.61. The van der Waals surface area contributed by atoms with Gasteiger partial charge in [0.25, 0.3) is 0 Å². The summed E-state index contributed by atoms with van der Waals surface area (Å²) in [4.78, 5) is 0. The highest BCUT2D eigenvalue weighted by molar-refractivity contribution is 7.80. The second-order valence-corrected chi connectivity index (χ2v) is 5.45. The fraction of sp³-hybridized carbons (Fsp3) is 0.188. The third-order valence-corrected chi connectivity index (χ3v) is 3.54. The van der Waals surface area contributed by atoms with Crippen molar-refractivity contribution in [1.29, 1.82) is 0 Å². The van der Waals surface area contributed by atoms with Crippen molar-refractivity contribution in [2.24, 2.45) is 0 Å². The summed E-state index contributed by atoms with van der Waals surface area (Å²) in [6.07, 6.45) is 0. The van der Waals surface area contributed by atoms with E-state index in [-0.39, 0.29) is 0 Å². The lowest BCUT2D eigenvalue weighted by Gasteiger charge is -2.15. The van der Waals surface area contributed by atoms with E-state index in [4.69, 9.17) is 33.3 Å². The number of ether oxygens (including phenoxy) is 2. The van der Waals surface area contributed by atoms with Crippen molar-refractivity contribution in [2.75, 3.05) is 24.9 Å². The third-order valence-electron chi connectivity index (χ3n) is 3.08. The number of benzene rings is 2. The lowest BCUT2D eigenvalue weighted by Crippen LogP contribution is -2.19. The predicted octanol–water partition coefficient (Wildman–Crippen LogP) is 4.47. The SMILES string of the molecule is COc1cc(C)c(NC(=S)Nc2ccc(Cl)cc2)cc1OC. The minimum Gasteiger partial charge on any atom is -0.493 e. The summed E-state index contributed by atoms with van der Waals surface area (Å²) in [5.74, 6) is 1.33. The van der Waals surface area contributed by atoms with Gasteiger partial charge in [-0.15, -0.1) is 0 Å². The highest BCUT2D eigenvalue weighted by Gasteiger charge is 2.09. The van der Waals surface area contributed by atoms with E-state index in [0.29, 0.717) is 21.6 Å². The highest BCUT2D eigenvalue weighted by Crippen LogP contribution is 2.32. The summed E-state index contributed by atoms with van der Waals surface area (Å²) >= 11 is 11.2. The lowest BCUT2D eigenvalue weighted by molar-refractivity contribution is 0.355. The molecule has 0 saturated carbocycles. The maximum Gasteiger partial charge on any atom is 0.175 e. The molecule has 0 bridgehead atoms. The average Bonchev–Trinajstić information content (AvgIpc) is 2.51. The Labute approximate surface area is 140 Å². The van der Waals surface area contributed by atoms with E-state index in [1.54, 1.807) is 26.4 Å². The molecule has 2 N–H and O–H groups in total. The third kappa shape index (κ3) is 4.02. The average molecular weight is 337 g/mol. The van der Waals surface area contributed by atoms with Crippen molar-refractivity contribution in [3.63, 3.8) is 0 Å². The zero-order chi connectivity index (χ0) is 16.1. The van der Waals surface area contributed by atoms with Gasteiger partial charge >= 0.3 is 0 Å². The number of anilines is 2. The largest absolute Gasteiger partial charge is 0.493 e. The Morgan fingerprint density at radius 1 is 1.00 bits per heavy atom. The minimum atomic E-state index is 0.484. The number of nitrogens with one attached hydrogen (secondary N) is 2. The Bertz CT molecular complexity index is 675. The summed E-state index contributed by atoms with van der Waals surface area (Å²) in [6.45, 7) is 1.97. The van der Waals surface area contributed by atoms with E-state index in [9.17, 15) is 0 Å². The van der Waals surface area contributed by atoms with Crippen LogP contribution in [0.4, 0.5) is 11.4 Å². The first-order valence-corrected chi connectivity index (χ1v) is 7.38. The molecule has 0 aliphatic rings. The van der Waals surface area contributed by atoms with Gasteiger partial charge in [-0.25, -0.2) is 0 Å². The topological polar surface area (TPSA) is 42.5 Å². The van der Waals surface area contributed by atoms with Crippen LogP contribution in [0.5, 0.6) is 11.5 Å². The molecule has 0 aliphatic carbocycles. The molecule has 2 aromatic carbocycles. The van der Waals surface area contributed by atoms with Crippen molar-refractivity contribution in [3.05, 3.63) is 47.0 Å². The van der Waals surface area contributed by atoms with Crippen LogP contribution >= 0.6 is 23.8 Å². The van der Waals surface area contributed by atoms with Crippen molar-refractivity contribution >= 4 is 40.3 Å².